The Kier molecular flexibility index (Phi) is 5.04. The minimum absolute atomic E-state index is 0.650. The lowest BCUT2D eigenvalue weighted by Gasteiger charge is -2.16. The summed E-state index contributed by atoms with van der Waals surface area (Å²) in [6, 6.07) is 4.37. The van der Waals surface area contributed by atoms with Gasteiger partial charge in [-0.25, -0.2) is 0 Å². The Morgan fingerprint density at radius 3 is 2.77 bits per heavy atom. The van der Waals surface area contributed by atoms with E-state index >= 15 is 0 Å². The normalized spacial score (nSPS) is 15.6. The number of hydrogen-bond donors (Lipinski definition) is 0. The molecule has 0 saturated carbocycles. The van der Waals surface area contributed by atoms with E-state index in [1.165, 1.54) is 24.1 Å². The lowest BCUT2D eigenvalue weighted by atomic mass is 9.97. The summed E-state index contributed by atoms with van der Waals surface area (Å²) in [5.74, 6) is 0.821. The summed E-state index contributed by atoms with van der Waals surface area (Å²) in [7, 11) is 0. The van der Waals surface area contributed by atoms with Crippen molar-refractivity contribution in [3.8, 4) is 0 Å². The van der Waals surface area contributed by atoms with Crippen molar-refractivity contribution >= 4 is 27.3 Å². The highest BCUT2D eigenvalue weighted by atomic mass is 79.9. The smallest absolute Gasteiger partial charge is 0.0145 e. The third-order valence-corrected chi connectivity index (χ3v) is 4.20. The van der Waals surface area contributed by atoms with E-state index in [1.54, 1.807) is 0 Å². The first kappa shape index (κ1) is 11.3. The van der Waals surface area contributed by atoms with E-state index in [0.29, 0.717) is 4.83 Å². The Morgan fingerprint density at radius 1 is 1.54 bits per heavy atom. The van der Waals surface area contributed by atoms with Crippen LogP contribution in [-0.4, -0.2) is 4.83 Å². The maximum atomic E-state index is 3.67. The van der Waals surface area contributed by atoms with Crippen LogP contribution in [-0.2, 0) is 6.42 Å². The van der Waals surface area contributed by atoms with Crippen LogP contribution in [0.25, 0.3) is 0 Å². The number of alkyl halides is 1. The van der Waals surface area contributed by atoms with Crippen LogP contribution in [0, 0.1) is 5.92 Å². The summed E-state index contributed by atoms with van der Waals surface area (Å²) in [4.78, 5) is 2.17. The van der Waals surface area contributed by atoms with Crippen LogP contribution < -0.4 is 0 Å². The van der Waals surface area contributed by atoms with Crippen LogP contribution in [0.4, 0.5) is 0 Å². The fourth-order valence-corrected chi connectivity index (χ4v) is 2.90. The molecule has 2 atom stereocenters. The molecule has 0 saturated heterocycles. The Hall–Kier alpha value is 0.180. The molecule has 0 bridgehead atoms. The maximum absolute atomic E-state index is 3.67. The second-order valence-corrected chi connectivity index (χ2v) is 5.94. The average molecular weight is 261 g/mol. The van der Waals surface area contributed by atoms with Gasteiger partial charge in [0, 0.05) is 9.70 Å². The number of aryl methyl sites for hydroxylation is 1. The molecule has 1 aromatic heterocycles. The molecule has 0 radical (unpaired) electrons. The van der Waals surface area contributed by atoms with Gasteiger partial charge in [0.25, 0.3) is 0 Å². The van der Waals surface area contributed by atoms with E-state index < -0.39 is 0 Å². The molecule has 0 aliphatic carbocycles. The van der Waals surface area contributed by atoms with Crippen molar-refractivity contribution in [1.29, 1.82) is 0 Å². The van der Waals surface area contributed by atoms with Gasteiger partial charge in [-0.3, -0.25) is 0 Å². The van der Waals surface area contributed by atoms with Crippen molar-refractivity contribution in [3.63, 3.8) is 0 Å². The molecule has 0 aliphatic rings. The molecule has 1 aromatic rings. The first-order chi connectivity index (χ1) is 6.24. The average Bonchev–Trinajstić information content (AvgIpc) is 2.57. The molecule has 0 spiro atoms. The maximum Gasteiger partial charge on any atom is 0.0145 e. The molecule has 13 heavy (non-hydrogen) atoms. The third kappa shape index (κ3) is 3.82. The molecular formula is C11H17BrS. The predicted molar refractivity (Wildman–Crippen MR) is 64.8 cm³/mol. The van der Waals surface area contributed by atoms with Crippen molar-refractivity contribution < 1.29 is 0 Å². The second kappa shape index (κ2) is 5.82. The highest BCUT2D eigenvalue weighted by Crippen LogP contribution is 2.23. The molecule has 2 unspecified atom stereocenters. The monoisotopic (exact) mass is 260 g/mol. The quantitative estimate of drug-likeness (QED) is 0.685. The summed E-state index contributed by atoms with van der Waals surface area (Å²) in [6.07, 6.45) is 3.83. The molecule has 0 aliphatic heterocycles. The zero-order chi connectivity index (χ0) is 9.68. The molecule has 0 amide bonds. The molecule has 0 nitrogen and oxygen atoms in total. The van der Waals surface area contributed by atoms with Gasteiger partial charge in [-0.15, -0.1) is 11.3 Å². The molecule has 74 valence electrons. The van der Waals surface area contributed by atoms with Gasteiger partial charge in [-0.05, 0) is 30.2 Å². The highest BCUT2D eigenvalue weighted by Gasteiger charge is 2.12. The largest absolute Gasteiger partial charge is 0.149 e. The van der Waals surface area contributed by atoms with Crippen LogP contribution >= 0.6 is 27.3 Å². The minimum Gasteiger partial charge on any atom is -0.149 e. The summed E-state index contributed by atoms with van der Waals surface area (Å²) in [6.45, 7) is 4.53. The van der Waals surface area contributed by atoms with Crippen LogP contribution in [0.1, 0.15) is 31.6 Å². The van der Waals surface area contributed by atoms with Crippen molar-refractivity contribution in [3.05, 3.63) is 22.4 Å². The van der Waals surface area contributed by atoms with E-state index in [2.05, 4.69) is 47.3 Å². The Bertz CT molecular complexity index is 216. The van der Waals surface area contributed by atoms with Crippen LogP contribution in [0.15, 0.2) is 17.5 Å². The van der Waals surface area contributed by atoms with E-state index in [9.17, 15) is 0 Å². The van der Waals surface area contributed by atoms with E-state index in [4.69, 9.17) is 0 Å². The van der Waals surface area contributed by atoms with Crippen molar-refractivity contribution in [1.82, 2.24) is 0 Å². The lowest BCUT2D eigenvalue weighted by Crippen LogP contribution is -2.10. The highest BCUT2D eigenvalue weighted by molar-refractivity contribution is 9.09. The third-order valence-electron chi connectivity index (χ3n) is 2.52. The van der Waals surface area contributed by atoms with Gasteiger partial charge in [-0.1, -0.05) is 42.3 Å². The van der Waals surface area contributed by atoms with E-state index in [0.717, 1.165) is 5.92 Å². The molecule has 1 heterocycles. The first-order valence-electron chi connectivity index (χ1n) is 4.90. The van der Waals surface area contributed by atoms with Crippen molar-refractivity contribution in [2.24, 2.45) is 5.92 Å². The van der Waals surface area contributed by atoms with Crippen molar-refractivity contribution in [2.75, 3.05) is 0 Å². The number of thiophene rings is 1. The van der Waals surface area contributed by atoms with E-state index in [1.807, 2.05) is 11.3 Å². The molecule has 0 fully saturated rings. The van der Waals surface area contributed by atoms with Crippen molar-refractivity contribution in [2.45, 2.75) is 37.9 Å². The SMILES string of the molecule is CCC(CCc1cccs1)C(C)Br. The summed E-state index contributed by atoms with van der Waals surface area (Å²) < 4.78 is 0. The van der Waals surface area contributed by atoms with Gasteiger partial charge in [0.15, 0.2) is 0 Å². The van der Waals surface area contributed by atoms with Gasteiger partial charge in [0.1, 0.15) is 0 Å². The molecule has 2 heteroatoms. The van der Waals surface area contributed by atoms with Gasteiger partial charge in [-0.2, -0.15) is 0 Å². The zero-order valence-corrected chi connectivity index (χ0v) is 10.7. The van der Waals surface area contributed by atoms with Gasteiger partial charge in [0.05, 0.1) is 0 Å². The standard InChI is InChI=1S/C11H17BrS/c1-3-10(9(2)12)6-7-11-5-4-8-13-11/h4-5,8-10H,3,6-7H2,1-2H3. The van der Waals surface area contributed by atoms with Gasteiger partial charge < -0.3 is 0 Å². The summed E-state index contributed by atoms with van der Waals surface area (Å²) >= 11 is 5.54. The predicted octanol–water partition coefficient (Wildman–Crippen LogP) is 4.49. The molecule has 0 aromatic carbocycles. The number of halogens is 1. The van der Waals surface area contributed by atoms with Gasteiger partial charge >= 0.3 is 0 Å². The van der Waals surface area contributed by atoms with Crippen LogP contribution in [0.5, 0.6) is 0 Å². The zero-order valence-electron chi connectivity index (χ0n) is 8.29. The fraction of sp³-hybridized carbons (Fsp3) is 0.636. The van der Waals surface area contributed by atoms with E-state index in [-0.39, 0.29) is 0 Å². The summed E-state index contributed by atoms with van der Waals surface area (Å²) in [5, 5.41) is 2.16. The van der Waals surface area contributed by atoms with Crippen LogP contribution in [0.2, 0.25) is 0 Å². The topological polar surface area (TPSA) is 0 Å². The summed E-state index contributed by atoms with van der Waals surface area (Å²) in [5.41, 5.74) is 0. The molecule has 1 rings (SSSR count). The van der Waals surface area contributed by atoms with Crippen LogP contribution in [0.3, 0.4) is 0 Å². The number of rotatable bonds is 5. The molecule has 0 N–H and O–H groups in total. The molecular weight excluding hydrogens is 244 g/mol. The Morgan fingerprint density at radius 2 is 2.31 bits per heavy atom. The minimum atomic E-state index is 0.650. The Labute approximate surface area is 93.5 Å². The fourth-order valence-electron chi connectivity index (χ4n) is 1.54. The second-order valence-electron chi connectivity index (χ2n) is 3.46. The number of hydrogen-bond acceptors (Lipinski definition) is 1. The first-order valence-corrected chi connectivity index (χ1v) is 6.70. The Balaban J connectivity index is 2.32. The van der Waals surface area contributed by atoms with Gasteiger partial charge in [0.2, 0.25) is 0 Å². The lowest BCUT2D eigenvalue weighted by molar-refractivity contribution is 0.474.